The lowest BCUT2D eigenvalue weighted by Crippen LogP contribution is -2.45. The first-order valence-corrected chi connectivity index (χ1v) is 7.73. The Bertz CT molecular complexity index is 468. The summed E-state index contributed by atoms with van der Waals surface area (Å²) >= 11 is 5.16. The number of nitrogens with zero attached hydrogens (tertiary/aromatic N) is 1. The van der Waals surface area contributed by atoms with Gasteiger partial charge in [-0.25, -0.2) is 0 Å². The lowest BCUT2D eigenvalue weighted by Gasteiger charge is -2.38. The Hall–Kier alpha value is -1.33. The summed E-state index contributed by atoms with van der Waals surface area (Å²) in [7, 11) is 1.66. The van der Waals surface area contributed by atoms with E-state index in [-0.39, 0.29) is 5.41 Å². The summed E-state index contributed by atoms with van der Waals surface area (Å²) in [6.45, 7) is 5.84. The van der Waals surface area contributed by atoms with Gasteiger partial charge in [0.2, 0.25) is 0 Å². The van der Waals surface area contributed by atoms with Crippen LogP contribution in [-0.2, 0) is 0 Å². The maximum absolute atomic E-state index is 5.82. The molecule has 2 N–H and O–H groups in total. The molecule has 0 atom stereocenters. The van der Waals surface area contributed by atoms with E-state index in [0.29, 0.717) is 11.6 Å². The van der Waals surface area contributed by atoms with Crippen molar-refractivity contribution in [1.29, 1.82) is 0 Å². The molecule has 4 nitrogen and oxygen atoms in total. The van der Waals surface area contributed by atoms with Crippen molar-refractivity contribution >= 4 is 17.2 Å². The van der Waals surface area contributed by atoms with Crippen LogP contribution in [0.25, 0.3) is 0 Å². The fraction of sp³-hybridized carbons (Fsp3) is 0.562. The minimum Gasteiger partial charge on any atom is -0.497 e. The molecule has 1 aliphatic rings. The van der Waals surface area contributed by atoms with Crippen LogP contribution in [-0.4, -0.2) is 43.2 Å². The third-order valence-electron chi connectivity index (χ3n) is 4.29. The van der Waals surface area contributed by atoms with Crippen LogP contribution < -0.4 is 15.2 Å². The molecular formula is C16H24N2O2S. The molecule has 0 amide bonds. The second-order valence-corrected chi connectivity index (χ2v) is 6.23. The van der Waals surface area contributed by atoms with Gasteiger partial charge in [0.25, 0.3) is 0 Å². The Morgan fingerprint density at radius 1 is 1.24 bits per heavy atom. The number of hydrogen-bond donors (Lipinski definition) is 1. The molecule has 1 aromatic rings. The highest BCUT2D eigenvalue weighted by atomic mass is 32.1. The van der Waals surface area contributed by atoms with E-state index < -0.39 is 0 Å². The number of hydrogen-bond acceptors (Lipinski definition) is 4. The molecule has 0 saturated carbocycles. The lowest BCUT2D eigenvalue weighted by atomic mass is 9.80. The minimum absolute atomic E-state index is 0.0304. The largest absolute Gasteiger partial charge is 0.497 e. The SMILES string of the molecule is COc1ccc(OCCN2CCC(C)(C(N)=S)CC2)cc1. The van der Waals surface area contributed by atoms with E-state index in [4.69, 9.17) is 27.4 Å². The summed E-state index contributed by atoms with van der Waals surface area (Å²) in [6, 6.07) is 7.67. The molecule has 1 fully saturated rings. The number of benzene rings is 1. The molecule has 0 unspecified atom stereocenters. The monoisotopic (exact) mass is 308 g/mol. The van der Waals surface area contributed by atoms with Gasteiger partial charge >= 0.3 is 0 Å². The lowest BCUT2D eigenvalue weighted by molar-refractivity contribution is 0.140. The van der Waals surface area contributed by atoms with Gasteiger partial charge in [-0.2, -0.15) is 0 Å². The quantitative estimate of drug-likeness (QED) is 0.818. The summed E-state index contributed by atoms with van der Waals surface area (Å²) in [5.74, 6) is 1.72. The van der Waals surface area contributed by atoms with E-state index in [1.165, 1.54) is 0 Å². The van der Waals surface area contributed by atoms with Crippen molar-refractivity contribution in [2.45, 2.75) is 19.8 Å². The standard InChI is InChI=1S/C16H24N2O2S/c1-16(15(17)21)7-9-18(10-8-16)11-12-20-14-5-3-13(19-2)4-6-14/h3-6H,7-12H2,1-2H3,(H2,17,21). The van der Waals surface area contributed by atoms with Gasteiger partial charge in [-0.15, -0.1) is 0 Å². The number of rotatable bonds is 6. The Morgan fingerprint density at radius 2 is 1.81 bits per heavy atom. The second kappa shape index (κ2) is 7.09. The topological polar surface area (TPSA) is 47.7 Å². The molecule has 1 aliphatic heterocycles. The highest BCUT2D eigenvalue weighted by Gasteiger charge is 2.32. The predicted octanol–water partition coefficient (Wildman–Crippen LogP) is 2.46. The fourth-order valence-electron chi connectivity index (χ4n) is 2.48. The number of nitrogens with two attached hydrogens (primary N) is 1. The van der Waals surface area contributed by atoms with Crippen LogP contribution in [0.1, 0.15) is 19.8 Å². The molecule has 21 heavy (non-hydrogen) atoms. The van der Waals surface area contributed by atoms with Crippen LogP contribution >= 0.6 is 12.2 Å². The van der Waals surface area contributed by atoms with Crippen LogP contribution in [0.5, 0.6) is 11.5 Å². The van der Waals surface area contributed by atoms with Gasteiger partial charge in [0.05, 0.1) is 12.1 Å². The number of piperidine rings is 1. The van der Waals surface area contributed by atoms with Gasteiger partial charge in [0, 0.05) is 12.0 Å². The number of methoxy groups -OCH3 is 1. The van der Waals surface area contributed by atoms with E-state index in [1.54, 1.807) is 7.11 Å². The van der Waals surface area contributed by atoms with E-state index in [0.717, 1.165) is 44.0 Å². The summed E-state index contributed by atoms with van der Waals surface area (Å²) in [5.41, 5.74) is 5.86. The number of likely N-dealkylation sites (tertiary alicyclic amines) is 1. The van der Waals surface area contributed by atoms with Crippen molar-refractivity contribution in [3.8, 4) is 11.5 Å². The average molecular weight is 308 g/mol. The van der Waals surface area contributed by atoms with Crippen LogP contribution in [0.2, 0.25) is 0 Å². The minimum atomic E-state index is 0.0304. The third kappa shape index (κ3) is 4.32. The Labute approximate surface area is 132 Å². The first-order chi connectivity index (χ1) is 10.0. The summed E-state index contributed by atoms with van der Waals surface area (Å²) < 4.78 is 10.9. The molecular weight excluding hydrogens is 284 g/mol. The van der Waals surface area contributed by atoms with Crippen LogP contribution in [0.4, 0.5) is 0 Å². The maximum atomic E-state index is 5.82. The first-order valence-electron chi connectivity index (χ1n) is 7.33. The van der Waals surface area contributed by atoms with Crippen LogP contribution in [0.3, 0.4) is 0 Å². The Morgan fingerprint density at radius 3 is 2.33 bits per heavy atom. The average Bonchev–Trinajstić information content (AvgIpc) is 2.50. The van der Waals surface area contributed by atoms with E-state index in [1.807, 2.05) is 24.3 Å². The molecule has 1 heterocycles. The fourth-order valence-corrected chi connectivity index (χ4v) is 2.69. The zero-order valence-electron chi connectivity index (χ0n) is 12.8. The summed E-state index contributed by atoms with van der Waals surface area (Å²) in [5, 5.41) is 0. The zero-order valence-corrected chi connectivity index (χ0v) is 13.6. The van der Waals surface area contributed by atoms with Crippen molar-refractivity contribution in [1.82, 2.24) is 4.90 Å². The molecule has 0 spiro atoms. The normalized spacial score (nSPS) is 18.2. The molecule has 0 aromatic heterocycles. The first kappa shape index (κ1) is 16.0. The molecule has 5 heteroatoms. The third-order valence-corrected chi connectivity index (χ3v) is 4.78. The highest BCUT2D eigenvalue weighted by Crippen LogP contribution is 2.30. The second-order valence-electron chi connectivity index (χ2n) is 5.79. The molecule has 0 bridgehead atoms. The van der Waals surface area contributed by atoms with Gasteiger partial charge in [0.15, 0.2) is 0 Å². The van der Waals surface area contributed by atoms with Gasteiger partial charge in [-0.1, -0.05) is 19.1 Å². The van der Waals surface area contributed by atoms with Gasteiger partial charge in [-0.05, 0) is 50.2 Å². The van der Waals surface area contributed by atoms with Gasteiger partial charge < -0.3 is 15.2 Å². The number of thiocarbonyl (C=S) groups is 1. The van der Waals surface area contributed by atoms with Gasteiger partial charge in [0.1, 0.15) is 18.1 Å². The molecule has 0 aliphatic carbocycles. The van der Waals surface area contributed by atoms with Crippen molar-refractivity contribution in [2.24, 2.45) is 11.1 Å². The molecule has 116 valence electrons. The summed E-state index contributed by atoms with van der Waals surface area (Å²) in [4.78, 5) is 3.06. The Kier molecular flexibility index (Phi) is 5.42. The maximum Gasteiger partial charge on any atom is 0.119 e. The van der Waals surface area contributed by atoms with E-state index in [9.17, 15) is 0 Å². The molecule has 2 rings (SSSR count). The Balaban J connectivity index is 1.71. The molecule has 1 saturated heterocycles. The van der Waals surface area contributed by atoms with Crippen LogP contribution in [0, 0.1) is 5.41 Å². The van der Waals surface area contributed by atoms with Crippen molar-refractivity contribution < 1.29 is 9.47 Å². The van der Waals surface area contributed by atoms with Crippen molar-refractivity contribution in [3.05, 3.63) is 24.3 Å². The van der Waals surface area contributed by atoms with Crippen LogP contribution in [0.15, 0.2) is 24.3 Å². The van der Waals surface area contributed by atoms with E-state index in [2.05, 4.69) is 11.8 Å². The summed E-state index contributed by atoms with van der Waals surface area (Å²) in [6.07, 6.45) is 2.07. The van der Waals surface area contributed by atoms with Crippen molar-refractivity contribution in [2.75, 3.05) is 33.4 Å². The highest BCUT2D eigenvalue weighted by molar-refractivity contribution is 7.80. The predicted molar refractivity (Wildman–Crippen MR) is 89.1 cm³/mol. The van der Waals surface area contributed by atoms with E-state index >= 15 is 0 Å². The molecule has 0 radical (unpaired) electrons. The van der Waals surface area contributed by atoms with Crippen molar-refractivity contribution in [3.63, 3.8) is 0 Å². The molecule has 1 aromatic carbocycles. The van der Waals surface area contributed by atoms with Gasteiger partial charge in [-0.3, -0.25) is 4.90 Å². The smallest absolute Gasteiger partial charge is 0.119 e. The zero-order chi connectivity index (χ0) is 15.3. The number of ether oxygens (including phenoxy) is 2.